The van der Waals surface area contributed by atoms with Crippen molar-refractivity contribution in [2.75, 3.05) is 38.4 Å². The molecule has 1 saturated heterocycles. The van der Waals surface area contributed by atoms with Crippen LogP contribution in [0.15, 0.2) is 36.7 Å². The lowest BCUT2D eigenvalue weighted by Crippen LogP contribution is -2.47. The number of ether oxygens (including phenoxy) is 2. The molecule has 1 aromatic carbocycles. The summed E-state index contributed by atoms with van der Waals surface area (Å²) in [4.78, 5) is 25.9. The quantitative estimate of drug-likeness (QED) is 0.233. The van der Waals surface area contributed by atoms with Gasteiger partial charge in [0, 0.05) is 14.1 Å². The topological polar surface area (TPSA) is 176 Å². The molecule has 40 heavy (non-hydrogen) atoms. The molecule has 0 radical (unpaired) electrons. The summed E-state index contributed by atoms with van der Waals surface area (Å²) >= 11 is 0. The number of benzene rings is 1. The Morgan fingerprint density at radius 1 is 1.32 bits per heavy atom. The van der Waals surface area contributed by atoms with E-state index in [4.69, 9.17) is 19.5 Å². The SMILES string of the molecule is COC(=O)[C@H](C)N[P@](=O)(OC[C@@]1(F)O[C@@H](n2cnc3c(N(C)C)nc(N)nc32)[C@](C)(F)[C@@H]1O)Oc1ccccc1. The summed E-state index contributed by atoms with van der Waals surface area (Å²) in [5, 5.41) is 13.1. The van der Waals surface area contributed by atoms with Gasteiger partial charge in [0.05, 0.1) is 13.4 Å². The Bertz CT molecular complexity index is 1430. The van der Waals surface area contributed by atoms with Crippen molar-refractivity contribution in [3.8, 4) is 5.75 Å². The van der Waals surface area contributed by atoms with Crippen LogP contribution in [0.3, 0.4) is 0 Å². The Hall–Kier alpha value is -3.43. The van der Waals surface area contributed by atoms with Crippen molar-refractivity contribution in [3.05, 3.63) is 36.7 Å². The maximum absolute atomic E-state index is 16.1. The maximum Gasteiger partial charge on any atom is 0.459 e. The minimum Gasteiger partial charge on any atom is -0.468 e. The van der Waals surface area contributed by atoms with Gasteiger partial charge in [-0.1, -0.05) is 18.2 Å². The minimum absolute atomic E-state index is 0.0223. The van der Waals surface area contributed by atoms with Crippen molar-refractivity contribution in [2.24, 2.45) is 0 Å². The number of carbonyl (C=O) groups excluding carboxylic acids is 1. The predicted octanol–water partition coefficient (Wildman–Crippen LogP) is 2.11. The molecule has 0 spiro atoms. The highest BCUT2D eigenvalue weighted by atomic mass is 31.2. The molecule has 1 aliphatic heterocycles. The standard InChI is InChI=1S/C23H30F2N7O7P/c1-13(18(33)36-5)30-40(35,39-14-9-7-6-8-10-14)37-11-23(25)19(34)22(2,24)20(38-23)32-12-27-15-16(31(3)4)28-21(26)29-17(15)32/h6-10,12-13,19-20,34H,11H2,1-5H3,(H,30,35)(H2,26,28,29)/t13-,19-,20+,22+,23+,40-/m0/s1. The number of halogens is 2. The van der Waals surface area contributed by atoms with Gasteiger partial charge in [0.2, 0.25) is 5.95 Å². The normalized spacial score (nSPS) is 26.8. The molecule has 0 unspecified atom stereocenters. The first-order chi connectivity index (χ1) is 18.7. The van der Waals surface area contributed by atoms with Gasteiger partial charge in [-0.3, -0.25) is 13.9 Å². The predicted molar refractivity (Wildman–Crippen MR) is 139 cm³/mol. The number of rotatable bonds is 10. The summed E-state index contributed by atoms with van der Waals surface area (Å²) in [5.41, 5.74) is 3.30. The van der Waals surface area contributed by atoms with Gasteiger partial charge in [0.25, 0.3) is 5.85 Å². The molecule has 218 valence electrons. The van der Waals surface area contributed by atoms with Crippen LogP contribution >= 0.6 is 7.75 Å². The number of nitrogens with two attached hydrogens (primary N) is 1. The molecule has 3 aromatic rings. The van der Waals surface area contributed by atoms with Crippen LogP contribution in [0.25, 0.3) is 11.2 Å². The van der Waals surface area contributed by atoms with Crippen LogP contribution in [0, 0.1) is 0 Å². The van der Waals surface area contributed by atoms with E-state index >= 15 is 8.78 Å². The highest BCUT2D eigenvalue weighted by Gasteiger charge is 2.65. The van der Waals surface area contributed by atoms with Crippen LogP contribution in [-0.2, 0) is 23.4 Å². The van der Waals surface area contributed by atoms with E-state index in [2.05, 4.69) is 24.8 Å². The Morgan fingerprint density at radius 2 is 2.00 bits per heavy atom. The summed E-state index contributed by atoms with van der Waals surface area (Å²) in [6.07, 6.45) is -3.09. The molecule has 1 aliphatic rings. The zero-order valence-corrected chi connectivity index (χ0v) is 23.2. The molecule has 2 aromatic heterocycles. The number of anilines is 2. The maximum atomic E-state index is 16.1. The number of aliphatic hydroxyl groups excluding tert-OH is 1. The first-order valence-corrected chi connectivity index (χ1v) is 13.5. The number of para-hydroxylation sites is 1. The molecule has 4 rings (SSSR count). The number of hydrogen-bond donors (Lipinski definition) is 3. The molecule has 1 fully saturated rings. The number of nitrogens with zero attached hydrogens (tertiary/aromatic N) is 5. The highest BCUT2D eigenvalue weighted by molar-refractivity contribution is 7.52. The Morgan fingerprint density at radius 3 is 2.62 bits per heavy atom. The average Bonchev–Trinajstić information content (AvgIpc) is 3.39. The molecule has 17 heteroatoms. The van der Waals surface area contributed by atoms with Crippen molar-refractivity contribution in [3.63, 3.8) is 0 Å². The van der Waals surface area contributed by atoms with E-state index in [-0.39, 0.29) is 22.9 Å². The van der Waals surface area contributed by atoms with E-state index in [0.29, 0.717) is 5.82 Å². The molecular formula is C23H30F2N7O7P. The fraction of sp³-hybridized carbons (Fsp3) is 0.478. The van der Waals surface area contributed by atoms with Crippen LogP contribution in [0.5, 0.6) is 5.75 Å². The average molecular weight is 586 g/mol. The van der Waals surface area contributed by atoms with E-state index in [1.54, 1.807) is 37.2 Å². The van der Waals surface area contributed by atoms with Gasteiger partial charge in [-0.05, 0) is 26.0 Å². The summed E-state index contributed by atoms with van der Waals surface area (Å²) in [5.74, 6) is -3.83. The van der Waals surface area contributed by atoms with E-state index in [1.807, 2.05) is 0 Å². The number of aliphatic hydroxyl groups is 1. The third kappa shape index (κ3) is 5.58. The zero-order chi connectivity index (χ0) is 29.5. The van der Waals surface area contributed by atoms with Crippen molar-refractivity contribution in [1.29, 1.82) is 0 Å². The molecule has 0 bridgehead atoms. The summed E-state index contributed by atoms with van der Waals surface area (Å²) < 4.78 is 67.5. The lowest BCUT2D eigenvalue weighted by molar-refractivity contribution is -0.202. The number of nitrogen functional groups attached to an aromatic ring is 1. The Kier molecular flexibility index (Phi) is 8.02. The second-order valence-corrected chi connectivity index (χ2v) is 11.2. The Labute approximate surface area is 228 Å². The number of fused-ring (bicyclic) bond motifs is 1. The number of esters is 1. The lowest BCUT2D eigenvalue weighted by Gasteiger charge is -2.28. The molecule has 6 atom stereocenters. The van der Waals surface area contributed by atoms with Crippen molar-refractivity contribution in [2.45, 2.75) is 43.7 Å². The summed E-state index contributed by atoms with van der Waals surface area (Å²) in [6, 6.07) is 6.51. The second-order valence-electron chi connectivity index (χ2n) is 9.48. The minimum atomic E-state index is -4.54. The number of methoxy groups -OCH3 is 1. The molecule has 0 aliphatic carbocycles. The van der Waals surface area contributed by atoms with E-state index in [0.717, 1.165) is 24.9 Å². The van der Waals surface area contributed by atoms with Crippen LogP contribution in [0.4, 0.5) is 20.5 Å². The van der Waals surface area contributed by atoms with E-state index < -0.39 is 50.2 Å². The van der Waals surface area contributed by atoms with Gasteiger partial charge in [-0.15, -0.1) is 0 Å². The fourth-order valence-electron chi connectivity index (χ4n) is 4.11. The first-order valence-electron chi connectivity index (χ1n) is 12.0. The van der Waals surface area contributed by atoms with Crippen LogP contribution < -0.4 is 20.2 Å². The number of carbonyl (C=O) groups is 1. The number of aromatic nitrogens is 4. The van der Waals surface area contributed by atoms with Crippen LogP contribution in [0.2, 0.25) is 0 Å². The number of imidazole rings is 1. The summed E-state index contributed by atoms with van der Waals surface area (Å²) in [6.45, 7) is 0.975. The smallest absolute Gasteiger partial charge is 0.459 e. The van der Waals surface area contributed by atoms with Gasteiger partial charge in [0.15, 0.2) is 35.0 Å². The van der Waals surface area contributed by atoms with Crippen molar-refractivity contribution in [1.82, 2.24) is 24.6 Å². The third-order valence-electron chi connectivity index (χ3n) is 6.14. The number of nitrogens with one attached hydrogen (secondary N) is 1. The molecular weight excluding hydrogens is 555 g/mol. The van der Waals surface area contributed by atoms with Gasteiger partial charge < -0.3 is 29.7 Å². The van der Waals surface area contributed by atoms with E-state index in [9.17, 15) is 14.5 Å². The Balaban J connectivity index is 1.64. The van der Waals surface area contributed by atoms with Crippen molar-refractivity contribution < 1.29 is 41.8 Å². The third-order valence-corrected chi connectivity index (χ3v) is 7.76. The molecule has 0 amide bonds. The van der Waals surface area contributed by atoms with Gasteiger partial charge in [-0.25, -0.2) is 18.3 Å². The zero-order valence-electron chi connectivity index (χ0n) is 22.3. The van der Waals surface area contributed by atoms with Crippen LogP contribution in [0.1, 0.15) is 20.1 Å². The second kappa shape index (κ2) is 10.9. The van der Waals surface area contributed by atoms with E-state index in [1.165, 1.54) is 19.1 Å². The molecule has 0 saturated carbocycles. The number of hydrogen-bond acceptors (Lipinski definition) is 12. The monoisotopic (exact) mass is 585 g/mol. The first kappa shape index (κ1) is 29.6. The lowest BCUT2D eigenvalue weighted by atomic mass is 9.97. The van der Waals surface area contributed by atoms with Gasteiger partial charge in [-0.2, -0.15) is 15.1 Å². The largest absolute Gasteiger partial charge is 0.468 e. The number of alkyl halides is 2. The molecule has 3 heterocycles. The fourth-order valence-corrected chi connectivity index (χ4v) is 5.62. The van der Waals surface area contributed by atoms with Crippen molar-refractivity contribution >= 4 is 36.6 Å². The molecule has 14 nitrogen and oxygen atoms in total. The van der Waals surface area contributed by atoms with Gasteiger partial charge in [0.1, 0.15) is 18.4 Å². The molecule has 4 N–H and O–H groups in total. The summed E-state index contributed by atoms with van der Waals surface area (Å²) in [7, 11) is -0.0510. The van der Waals surface area contributed by atoms with Gasteiger partial charge >= 0.3 is 13.7 Å². The van der Waals surface area contributed by atoms with Crippen LogP contribution in [-0.4, -0.2) is 82.1 Å². The highest BCUT2D eigenvalue weighted by Crippen LogP contribution is 2.52.